The smallest absolute Gasteiger partial charge is 0.547 e. The van der Waals surface area contributed by atoms with E-state index < -0.39 is 24.1 Å². The molecule has 9 heteroatoms. The molecule has 0 radical (unpaired) electrons. The molecule has 1 aliphatic rings. The van der Waals surface area contributed by atoms with Crippen LogP contribution in [0.3, 0.4) is 0 Å². The van der Waals surface area contributed by atoms with Crippen molar-refractivity contribution >= 4 is 11.9 Å². The van der Waals surface area contributed by atoms with Crippen LogP contribution >= 0.6 is 0 Å². The normalized spacial score (nSPS) is 16.1. The summed E-state index contributed by atoms with van der Waals surface area (Å²) < 4.78 is 0. The summed E-state index contributed by atoms with van der Waals surface area (Å²) in [5.41, 5.74) is 10.8. The van der Waals surface area contributed by atoms with Gasteiger partial charge in [0.05, 0.1) is 30.3 Å². The molecule has 0 amide bonds. The number of carbonyl (C=O) groups excluding carboxylic acids is 2. The molecule has 20 heavy (non-hydrogen) atoms. The minimum absolute atomic E-state index is 0. The van der Waals surface area contributed by atoms with Crippen LogP contribution in [0.1, 0.15) is 33.1 Å². The average molecular weight is 473 g/mol. The minimum atomic E-state index is -1.44. The van der Waals surface area contributed by atoms with Gasteiger partial charge in [0.1, 0.15) is 0 Å². The average Bonchev–Trinajstić information content (AvgIpc) is 2.15. The first-order valence-corrected chi connectivity index (χ1v) is 5.88. The molecule has 0 heterocycles. The van der Waals surface area contributed by atoms with E-state index in [0.29, 0.717) is 5.92 Å². The third-order valence-corrected chi connectivity index (χ3v) is 2.38. The van der Waals surface area contributed by atoms with Gasteiger partial charge in [0.15, 0.2) is 0 Å². The van der Waals surface area contributed by atoms with Crippen LogP contribution in [0.25, 0.3) is 0 Å². The maximum absolute atomic E-state index is 9.34. The summed E-state index contributed by atoms with van der Waals surface area (Å²) in [5.74, 6) is -2.23. The summed E-state index contributed by atoms with van der Waals surface area (Å²) in [7, 11) is 0. The number of rotatable bonds is 3. The molecule has 0 spiro atoms. The first-order chi connectivity index (χ1) is 8.59. The van der Waals surface area contributed by atoms with Crippen LogP contribution in [0, 0.1) is 5.92 Å². The molecule has 0 bridgehead atoms. The van der Waals surface area contributed by atoms with Gasteiger partial charge in [-0.25, -0.2) is 0 Å². The number of carboxylic acids is 2. The number of nitrogens with two attached hydrogens (primary N) is 2. The van der Waals surface area contributed by atoms with Crippen molar-refractivity contribution in [3.63, 3.8) is 0 Å². The van der Waals surface area contributed by atoms with E-state index in [0.717, 1.165) is 13.8 Å². The van der Waals surface area contributed by atoms with E-state index in [-0.39, 0.29) is 27.2 Å². The third kappa shape index (κ3) is 15.5. The molecule has 0 aromatic rings. The fourth-order valence-electron chi connectivity index (χ4n) is 0.825. The molecule has 6 N–H and O–H groups in total. The van der Waals surface area contributed by atoms with Gasteiger partial charge in [-0.1, -0.05) is 6.42 Å². The Bertz CT molecular complexity index is 252. The topological polar surface area (TPSA) is 173 Å². The summed E-state index contributed by atoms with van der Waals surface area (Å²) in [4.78, 5) is 18.7. The fraction of sp³-hybridized carbons (Fsp3) is 0.818. The van der Waals surface area contributed by atoms with Crippen LogP contribution in [0.2, 0.25) is 0 Å². The van der Waals surface area contributed by atoms with Crippen LogP contribution < -0.4 is 21.7 Å². The van der Waals surface area contributed by atoms with E-state index in [1.165, 1.54) is 19.3 Å². The van der Waals surface area contributed by atoms with E-state index in [2.05, 4.69) is 0 Å². The molecule has 0 aromatic carbocycles. The van der Waals surface area contributed by atoms with Crippen LogP contribution in [0.4, 0.5) is 0 Å². The minimum Gasteiger partial charge on any atom is -0.547 e. The number of aliphatic hydroxyl groups is 2. The van der Waals surface area contributed by atoms with Crippen molar-refractivity contribution < 1.29 is 51.1 Å². The standard InChI is InChI=1S/C5H12N2.2C3H6O3.Pt/c6-5(7)4-2-1-3-4;2*1-2(4)3(5)6;/h4-5H,1-3,6-7H2;2*2,4H,1H3,(H,5,6);/q;;;+2/p-2. The van der Waals surface area contributed by atoms with Gasteiger partial charge in [-0.05, 0) is 32.6 Å². The Morgan fingerprint density at radius 2 is 1.30 bits per heavy atom. The molecule has 1 fully saturated rings. The van der Waals surface area contributed by atoms with Crippen molar-refractivity contribution in [3.05, 3.63) is 0 Å². The second kappa shape index (κ2) is 13.5. The summed E-state index contributed by atoms with van der Waals surface area (Å²) in [5, 5.41) is 34.6. The summed E-state index contributed by atoms with van der Waals surface area (Å²) in [6.45, 7) is 2.27. The van der Waals surface area contributed by atoms with Gasteiger partial charge in [0.2, 0.25) is 0 Å². The van der Waals surface area contributed by atoms with Crippen LogP contribution in [0.15, 0.2) is 0 Å². The predicted molar refractivity (Wildman–Crippen MR) is 62.9 cm³/mol. The second-order valence-electron chi connectivity index (χ2n) is 4.26. The fourth-order valence-corrected chi connectivity index (χ4v) is 0.825. The van der Waals surface area contributed by atoms with Gasteiger partial charge in [0, 0.05) is 0 Å². The van der Waals surface area contributed by atoms with E-state index in [1.54, 1.807) is 0 Å². The van der Waals surface area contributed by atoms with Crippen molar-refractivity contribution in [2.24, 2.45) is 17.4 Å². The Labute approximate surface area is 132 Å². The molecule has 1 rings (SSSR count). The second-order valence-corrected chi connectivity index (χ2v) is 4.26. The van der Waals surface area contributed by atoms with Crippen molar-refractivity contribution in [3.8, 4) is 0 Å². The number of hydrogen-bond donors (Lipinski definition) is 4. The van der Waals surface area contributed by atoms with Crippen LogP contribution in [0.5, 0.6) is 0 Å². The summed E-state index contributed by atoms with van der Waals surface area (Å²) in [6.07, 6.45) is 1.09. The molecular weight excluding hydrogens is 451 g/mol. The summed E-state index contributed by atoms with van der Waals surface area (Å²) in [6, 6.07) is 0. The van der Waals surface area contributed by atoms with Gasteiger partial charge in [0.25, 0.3) is 0 Å². The molecule has 2 atom stereocenters. The zero-order chi connectivity index (χ0) is 15.6. The van der Waals surface area contributed by atoms with Crippen molar-refractivity contribution in [2.75, 3.05) is 0 Å². The van der Waals surface area contributed by atoms with Crippen LogP contribution in [-0.4, -0.2) is 40.5 Å². The number of aliphatic carboxylic acids is 2. The Balaban J connectivity index is -0.000000213. The molecule has 0 aromatic heterocycles. The maximum atomic E-state index is 9.34. The van der Waals surface area contributed by atoms with Gasteiger partial charge in [-0.3, -0.25) is 0 Å². The molecule has 2 unspecified atom stereocenters. The quantitative estimate of drug-likeness (QED) is 0.303. The molecular formula is C11H22N2O6Pt. The summed E-state index contributed by atoms with van der Waals surface area (Å²) >= 11 is 0. The van der Waals surface area contributed by atoms with E-state index in [9.17, 15) is 19.8 Å². The molecule has 1 saturated carbocycles. The zero-order valence-corrected chi connectivity index (χ0v) is 13.7. The van der Waals surface area contributed by atoms with Gasteiger partial charge < -0.3 is 41.5 Å². The largest absolute Gasteiger partial charge is 2.00 e. The SMILES string of the molecule is CC(O)C(=O)[O-].CC(O)C(=O)[O-].NC(N)C1CCC1.[Pt+2]. The number of carboxylic acid groups (broad SMARTS) is 2. The van der Waals surface area contributed by atoms with Gasteiger partial charge in [-0.15, -0.1) is 0 Å². The van der Waals surface area contributed by atoms with E-state index >= 15 is 0 Å². The Hall–Kier alpha value is -0.532. The molecule has 8 nitrogen and oxygen atoms in total. The van der Waals surface area contributed by atoms with Crippen molar-refractivity contribution in [2.45, 2.75) is 51.5 Å². The Morgan fingerprint density at radius 3 is 1.30 bits per heavy atom. The number of carbonyl (C=O) groups is 2. The molecule has 1 aliphatic carbocycles. The predicted octanol–water partition coefficient (Wildman–Crippen LogP) is -3.74. The van der Waals surface area contributed by atoms with Gasteiger partial charge >= 0.3 is 21.1 Å². The number of hydrogen-bond acceptors (Lipinski definition) is 8. The first-order valence-electron chi connectivity index (χ1n) is 5.88. The van der Waals surface area contributed by atoms with E-state index in [1.807, 2.05) is 0 Å². The molecule has 0 saturated heterocycles. The third-order valence-electron chi connectivity index (χ3n) is 2.38. The molecule has 0 aliphatic heterocycles. The number of aliphatic hydroxyl groups excluding tert-OH is 2. The van der Waals surface area contributed by atoms with Crippen LogP contribution in [-0.2, 0) is 30.7 Å². The Kier molecular flexibility index (Phi) is 16.5. The van der Waals surface area contributed by atoms with E-state index in [4.69, 9.17) is 21.7 Å². The molecule has 122 valence electrons. The maximum Gasteiger partial charge on any atom is 2.00 e. The van der Waals surface area contributed by atoms with Crippen molar-refractivity contribution in [1.29, 1.82) is 0 Å². The van der Waals surface area contributed by atoms with Gasteiger partial charge in [-0.2, -0.15) is 0 Å². The Morgan fingerprint density at radius 1 is 1.05 bits per heavy atom. The zero-order valence-electron chi connectivity index (χ0n) is 11.4. The monoisotopic (exact) mass is 473 g/mol. The first kappa shape index (κ1) is 24.5. The van der Waals surface area contributed by atoms with Crippen molar-refractivity contribution in [1.82, 2.24) is 0 Å².